The average Bonchev–Trinajstić information content (AvgIpc) is 2.15. The molecule has 0 spiro atoms. The summed E-state index contributed by atoms with van der Waals surface area (Å²) in [5.74, 6) is 0.204. The summed E-state index contributed by atoms with van der Waals surface area (Å²) in [6.07, 6.45) is 1.18. The van der Waals surface area contributed by atoms with Crippen molar-refractivity contribution in [1.82, 2.24) is 5.32 Å². The van der Waals surface area contributed by atoms with Crippen molar-refractivity contribution in [3.8, 4) is 0 Å². The molecule has 4 nitrogen and oxygen atoms in total. The first-order valence-electron chi connectivity index (χ1n) is 5.86. The Balaban J connectivity index is 3.90. The predicted octanol–water partition coefficient (Wildman–Crippen LogP) is 1.16. The Labute approximate surface area is 98.7 Å². The van der Waals surface area contributed by atoms with E-state index in [9.17, 15) is 13.2 Å². The molecule has 1 unspecified atom stereocenters. The summed E-state index contributed by atoms with van der Waals surface area (Å²) < 4.78 is 22.8. The molecule has 1 atom stereocenters. The molecule has 0 rings (SSSR count). The van der Waals surface area contributed by atoms with Crippen LogP contribution >= 0.6 is 0 Å². The van der Waals surface area contributed by atoms with Crippen molar-refractivity contribution in [2.75, 3.05) is 18.1 Å². The first-order valence-corrected chi connectivity index (χ1v) is 7.69. The zero-order valence-corrected chi connectivity index (χ0v) is 11.3. The van der Waals surface area contributed by atoms with Crippen LogP contribution in [-0.2, 0) is 14.6 Å². The number of carbonyl (C=O) groups excluding carboxylic acids is 1. The van der Waals surface area contributed by atoms with Crippen molar-refractivity contribution < 1.29 is 13.2 Å². The SMILES string of the molecule is CCCS(=O)(=O)CCC(=O)CC(C)NCC. The molecule has 96 valence electrons. The van der Waals surface area contributed by atoms with Crippen LogP contribution in [0.4, 0.5) is 0 Å². The summed E-state index contributed by atoms with van der Waals surface area (Å²) in [6.45, 7) is 6.56. The van der Waals surface area contributed by atoms with Crippen LogP contribution < -0.4 is 5.32 Å². The molecule has 1 N–H and O–H groups in total. The summed E-state index contributed by atoms with van der Waals surface area (Å²) in [7, 11) is -3.02. The zero-order valence-electron chi connectivity index (χ0n) is 10.5. The fourth-order valence-electron chi connectivity index (χ4n) is 1.55. The van der Waals surface area contributed by atoms with Crippen LogP contribution in [0, 0.1) is 0 Å². The molecule has 0 aliphatic heterocycles. The van der Waals surface area contributed by atoms with E-state index >= 15 is 0 Å². The third kappa shape index (κ3) is 7.82. The van der Waals surface area contributed by atoms with Crippen LogP contribution in [-0.4, -0.2) is 38.3 Å². The number of hydrogen-bond acceptors (Lipinski definition) is 4. The lowest BCUT2D eigenvalue weighted by molar-refractivity contribution is -0.119. The first kappa shape index (κ1) is 15.6. The minimum absolute atomic E-state index is 0.00147. The summed E-state index contributed by atoms with van der Waals surface area (Å²) in [4.78, 5) is 11.5. The molecule has 0 saturated heterocycles. The highest BCUT2D eigenvalue weighted by molar-refractivity contribution is 7.91. The molecule has 0 fully saturated rings. The van der Waals surface area contributed by atoms with E-state index in [2.05, 4.69) is 5.32 Å². The standard InChI is InChI=1S/C11H23NO3S/c1-4-7-16(14,15)8-6-11(13)9-10(3)12-5-2/h10,12H,4-9H2,1-3H3. The Bertz CT molecular complexity index is 298. The molecular formula is C11H23NO3S. The number of hydrogen-bond donors (Lipinski definition) is 1. The molecule has 0 aliphatic rings. The fraction of sp³-hybridized carbons (Fsp3) is 0.909. The molecule has 0 aromatic carbocycles. The van der Waals surface area contributed by atoms with E-state index in [1.807, 2.05) is 20.8 Å². The van der Waals surface area contributed by atoms with Gasteiger partial charge in [-0.1, -0.05) is 13.8 Å². The normalized spacial score (nSPS) is 13.7. The number of Topliss-reactive ketones (excluding diaryl/α,β-unsaturated/α-hetero) is 1. The third-order valence-electron chi connectivity index (χ3n) is 2.29. The lowest BCUT2D eigenvalue weighted by atomic mass is 10.1. The van der Waals surface area contributed by atoms with Crippen LogP contribution in [0.2, 0.25) is 0 Å². The van der Waals surface area contributed by atoms with Gasteiger partial charge < -0.3 is 5.32 Å². The van der Waals surface area contributed by atoms with Gasteiger partial charge in [0.1, 0.15) is 5.78 Å². The predicted molar refractivity (Wildman–Crippen MR) is 66.3 cm³/mol. The minimum Gasteiger partial charge on any atom is -0.314 e. The number of ketones is 1. The molecule has 0 aromatic rings. The summed E-state index contributed by atoms with van der Waals surface area (Å²) in [6, 6.07) is 0.131. The lowest BCUT2D eigenvalue weighted by Gasteiger charge is -2.10. The van der Waals surface area contributed by atoms with Crippen molar-refractivity contribution >= 4 is 15.6 Å². The molecule has 0 amide bonds. The van der Waals surface area contributed by atoms with E-state index in [1.54, 1.807) is 0 Å². The third-order valence-corrected chi connectivity index (χ3v) is 4.15. The van der Waals surface area contributed by atoms with Gasteiger partial charge in [-0.25, -0.2) is 8.42 Å². The average molecular weight is 249 g/mol. The largest absolute Gasteiger partial charge is 0.314 e. The van der Waals surface area contributed by atoms with Gasteiger partial charge in [0.2, 0.25) is 0 Å². The topological polar surface area (TPSA) is 63.2 Å². The fourth-order valence-corrected chi connectivity index (χ4v) is 2.91. The maximum Gasteiger partial charge on any atom is 0.150 e. The second kappa shape index (κ2) is 7.79. The molecule has 0 aromatic heterocycles. The van der Waals surface area contributed by atoms with Crippen LogP contribution in [0.1, 0.15) is 40.0 Å². The number of nitrogens with one attached hydrogen (secondary N) is 1. The highest BCUT2D eigenvalue weighted by Crippen LogP contribution is 2.01. The number of sulfone groups is 1. The maximum absolute atomic E-state index is 11.5. The molecule has 0 heterocycles. The van der Waals surface area contributed by atoms with E-state index in [0.717, 1.165) is 6.54 Å². The minimum atomic E-state index is -3.02. The Morgan fingerprint density at radius 1 is 1.25 bits per heavy atom. The van der Waals surface area contributed by atoms with Crippen molar-refractivity contribution in [3.05, 3.63) is 0 Å². The highest BCUT2D eigenvalue weighted by atomic mass is 32.2. The van der Waals surface area contributed by atoms with Crippen molar-refractivity contribution in [3.63, 3.8) is 0 Å². The molecule has 16 heavy (non-hydrogen) atoms. The first-order chi connectivity index (χ1) is 7.41. The van der Waals surface area contributed by atoms with Gasteiger partial charge in [-0.05, 0) is 19.9 Å². The second-order valence-electron chi connectivity index (χ2n) is 4.10. The van der Waals surface area contributed by atoms with E-state index in [-0.39, 0.29) is 29.8 Å². The second-order valence-corrected chi connectivity index (χ2v) is 6.41. The molecule has 0 aliphatic carbocycles. The van der Waals surface area contributed by atoms with Gasteiger partial charge in [0.15, 0.2) is 9.84 Å². The Morgan fingerprint density at radius 3 is 2.38 bits per heavy atom. The number of carbonyl (C=O) groups is 1. The van der Waals surface area contributed by atoms with E-state index < -0.39 is 9.84 Å². The summed E-state index contributed by atoms with van der Waals surface area (Å²) >= 11 is 0. The Kier molecular flexibility index (Phi) is 7.58. The van der Waals surface area contributed by atoms with Gasteiger partial charge in [0.25, 0.3) is 0 Å². The molecule has 0 saturated carbocycles. The van der Waals surface area contributed by atoms with Crippen LogP contribution in [0.3, 0.4) is 0 Å². The van der Waals surface area contributed by atoms with Gasteiger partial charge in [-0.2, -0.15) is 0 Å². The van der Waals surface area contributed by atoms with Gasteiger partial charge in [-0.3, -0.25) is 4.79 Å². The van der Waals surface area contributed by atoms with E-state index in [4.69, 9.17) is 0 Å². The van der Waals surface area contributed by atoms with Crippen molar-refractivity contribution in [1.29, 1.82) is 0 Å². The van der Waals surface area contributed by atoms with Crippen molar-refractivity contribution in [2.45, 2.75) is 46.1 Å². The monoisotopic (exact) mass is 249 g/mol. The summed E-state index contributed by atoms with van der Waals surface area (Å²) in [5, 5.41) is 3.13. The van der Waals surface area contributed by atoms with Crippen LogP contribution in [0.15, 0.2) is 0 Å². The zero-order chi connectivity index (χ0) is 12.6. The van der Waals surface area contributed by atoms with Crippen molar-refractivity contribution in [2.24, 2.45) is 0 Å². The Hall–Kier alpha value is -0.420. The highest BCUT2D eigenvalue weighted by Gasteiger charge is 2.14. The van der Waals surface area contributed by atoms with E-state index in [1.165, 1.54) is 0 Å². The van der Waals surface area contributed by atoms with Gasteiger partial charge in [0, 0.05) is 24.6 Å². The lowest BCUT2D eigenvalue weighted by Crippen LogP contribution is -2.28. The van der Waals surface area contributed by atoms with Gasteiger partial charge in [0.05, 0.1) is 5.75 Å². The quantitative estimate of drug-likeness (QED) is 0.666. The van der Waals surface area contributed by atoms with E-state index in [0.29, 0.717) is 12.8 Å². The Morgan fingerprint density at radius 2 is 1.88 bits per heavy atom. The van der Waals surface area contributed by atoms with Crippen LogP contribution in [0.5, 0.6) is 0 Å². The summed E-state index contributed by atoms with van der Waals surface area (Å²) in [5.41, 5.74) is 0. The number of rotatable bonds is 9. The molecule has 0 radical (unpaired) electrons. The maximum atomic E-state index is 11.5. The molecular weight excluding hydrogens is 226 g/mol. The smallest absolute Gasteiger partial charge is 0.150 e. The van der Waals surface area contributed by atoms with Gasteiger partial charge in [-0.15, -0.1) is 0 Å². The molecule has 5 heteroatoms. The molecule has 0 bridgehead atoms. The van der Waals surface area contributed by atoms with Crippen LogP contribution in [0.25, 0.3) is 0 Å². The van der Waals surface area contributed by atoms with Gasteiger partial charge >= 0.3 is 0 Å².